The second-order valence-corrected chi connectivity index (χ2v) is 6.75. The highest BCUT2D eigenvalue weighted by Crippen LogP contribution is 2.27. The largest absolute Gasteiger partial charge is 0.351 e. The lowest BCUT2D eigenvalue weighted by Gasteiger charge is -2.21. The van der Waals surface area contributed by atoms with Gasteiger partial charge < -0.3 is 15.1 Å². The Balaban J connectivity index is 1.97. The van der Waals surface area contributed by atoms with Gasteiger partial charge >= 0.3 is 0 Å². The first-order valence-corrected chi connectivity index (χ1v) is 9.20. The summed E-state index contributed by atoms with van der Waals surface area (Å²) in [4.78, 5) is 25.9. The summed E-state index contributed by atoms with van der Waals surface area (Å²) in [6, 6.07) is 19.6. The Morgan fingerprint density at radius 1 is 0.964 bits per heavy atom. The molecule has 3 aromatic rings. The number of aromatic nitrogens is 2. The van der Waals surface area contributed by atoms with Crippen LogP contribution in [0.25, 0.3) is 11.4 Å². The molecule has 144 valence electrons. The van der Waals surface area contributed by atoms with Crippen molar-refractivity contribution < 1.29 is 4.79 Å². The van der Waals surface area contributed by atoms with E-state index in [0.717, 1.165) is 17.8 Å². The summed E-state index contributed by atoms with van der Waals surface area (Å²) in [7, 11) is 5.85. The summed E-state index contributed by atoms with van der Waals surface area (Å²) in [5.41, 5.74) is 2.30. The maximum absolute atomic E-state index is 12.8. The highest BCUT2D eigenvalue weighted by Gasteiger charge is 2.19. The van der Waals surface area contributed by atoms with Crippen LogP contribution in [0, 0.1) is 0 Å². The number of hydrogen-bond acceptors (Lipinski definition) is 5. The fourth-order valence-electron chi connectivity index (χ4n) is 2.78. The zero-order valence-electron chi connectivity index (χ0n) is 16.5. The van der Waals surface area contributed by atoms with E-state index in [-0.39, 0.29) is 5.91 Å². The van der Waals surface area contributed by atoms with Crippen LogP contribution in [0.2, 0.25) is 0 Å². The first kappa shape index (κ1) is 19.5. The second kappa shape index (κ2) is 9.10. The molecular weight excluding hydrogens is 350 g/mol. The fourth-order valence-corrected chi connectivity index (χ4v) is 2.78. The van der Waals surface area contributed by atoms with Crippen molar-refractivity contribution in [2.45, 2.75) is 0 Å². The van der Waals surface area contributed by atoms with E-state index >= 15 is 0 Å². The molecule has 0 bridgehead atoms. The van der Waals surface area contributed by atoms with Crippen LogP contribution in [0.1, 0.15) is 10.4 Å². The number of para-hydroxylation sites is 1. The number of hydrogen-bond donors (Lipinski definition) is 1. The van der Waals surface area contributed by atoms with E-state index in [4.69, 9.17) is 4.98 Å². The molecule has 1 amide bonds. The molecular formula is C22H25N5O. The molecule has 0 fully saturated rings. The van der Waals surface area contributed by atoms with Crippen molar-refractivity contribution in [1.82, 2.24) is 20.2 Å². The predicted molar refractivity (Wildman–Crippen MR) is 113 cm³/mol. The van der Waals surface area contributed by atoms with Gasteiger partial charge in [-0.25, -0.2) is 9.97 Å². The van der Waals surface area contributed by atoms with Gasteiger partial charge in [0.1, 0.15) is 11.4 Å². The van der Waals surface area contributed by atoms with Gasteiger partial charge in [-0.15, -0.1) is 0 Å². The molecule has 0 aliphatic rings. The molecule has 1 aromatic heterocycles. The third-order valence-electron chi connectivity index (χ3n) is 4.35. The van der Waals surface area contributed by atoms with E-state index in [1.807, 2.05) is 91.6 Å². The number of benzene rings is 2. The summed E-state index contributed by atoms with van der Waals surface area (Å²) in [6.45, 7) is 1.32. The number of anilines is 2. The lowest BCUT2D eigenvalue weighted by Crippen LogP contribution is -2.32. The molecule has 6 heteroatoms. The van der Waals surface area contributed by atoms with Gasteiger partial charge in [-0.05, 0) is 26.2 Å². The number of nitrogens with zero attached hydrogens (tertiary/aromatic N) is 4. The van der Waals surface area contributed by atoms with Gasteiger partial charge in [0.25, 0.3) is 5.91 Å². The smallest absolute Gasteiger partial charge is 0.256 e. The Morgan fingerprint density at radius 3 is 2.25 bits per heavy atom. The highest BCUT2D eigenvalue weighted by molar-refractivity contribution is 5.99. The number of carbonyl (C=O) groups excluding carboxylic acids is 1. The minimum atomic E-state index is -0.181. The third kappa shape index (κ3) is 4.72. The number of amides is 1. The average molecular weight is 375 g/mol. The Hall–Kier alpha value is -3.25. The van der Waals surface area contributed by atoms with Gasteiger partial charge in [0.15, 0.2) is 5.82 Å². The summed E-state index contributed by atoms with van der Waals surface area (Å²) in [6.07, 6.45) is 1.61. The minimum Gasteiger partial charge on any atom is -0.351 e. The zero-order chi connectivity index (χ0) is 19.9. The molecule has 1 N–H and O–H groups in total. The van der Waals surface area contributed by atoms with Crippen molar-refractivity contribution in [3.63, 3.8) is 0 Å². The number of nitrogens with one attached hydrogen (secondary N) is 1. The van der Waals surface area contributed by atoms with Crippen molar-refractivity contribution in [3.05, 3.63) is 72.4 Å². The number of rotatable bonds is 7. The lowest BCUT2D eigenvalue weighted by molar-refractivity contribution is 0.0951. The minimum absolute atomic E-state index is 0.181. The zero-order valence-corrected chi connectivity index (χ0v) is 16.5. The summed E-state index contributed by atoms with van der Waals surface area (Å²) in [5, 5.41) is 2.95. The van der Waals surface area contributed by atoms with E-state index < -0.39 is 0 Å². The molecule has 6 nitrogen and oxygen atoms in total. The van der Waals surface area contributed by atoms with Crippen molar-refractivity contribution >= 4 is 17.4 Å². The normalized spacial score (nSPS) is 10.7. The van der Waals surface area contributed by atoms with Crippen molar-refractivity contribution in [2.24, 2.45) is 0 Å². The topological polar surface area (TPSA) is 61.4 Å². The van der Waals surface area contributed by atoms with Gasteiger partial charge in [-0.2, -0.15) is 0 Å². The molecule has 0 unspecified atom stereocenters. The molecule has 0 saturated carbocycles. The highest BCUT2D eigenvalue weighted by atomic mass is 16.1. The van der Waals surface area contributed by atoms with Gasteiger partial charge in [0.05, 0.1) is 0 Å². The van der Waals surface area contributed by atoms with Gasteiger partial charge in [0, 0.05) is 37.6 Å². The van der Waals surface area contributed by atoms with E-state index in [9.17, 15) is 4.79 Å². The lowest BCUT2D eigenvalue weighted by atomic mass is 10.2. The molecule has 0 spiro atoms. The quantitative estimate of drug-likeness (QED) is 0.687. The molecule has 0 atom stereocenters. The van der Waals surface area contributed by atoms with Crippen LogP contribution in [0.5, 0.6) is 0 Å². The average Bonchev–Trinajstić information content (AvgIpc) is 2.73. The summed E-state index contributed by atoms with van der Waals surface area (Å²) >= 11 is 0. The van der Waals surface area contributed by atoms with Crippen LogP contribution in [0.15, 0.2) is 66.9 Å². The van der Waals surface area contributed by atoms with Crippen LogP contribution in [0.3, 0.4) is 0 Å². The molecule has 2 aromatic carbocycles. The van der Waals surface area contributed by atoms with Gasteiger partial charge in [-0.1, -0.05) is 48.5 Å². The van der Waals surface area contributed by atoms with Crippen LogP contribution in [0.4, 0.5) is 11.5 Å². The van der Waals surface area contributed by atoms with Crippen LogP contribution >= 0.6 is 0 Å². The van der Waals surface area contributed by atoms with E-state index in [1.165, 1.54) is 0 Å². The van der Waals surface area contributed by atoms with Gasteiger partial charge in [0.2, 0.25) is 0 Å². The van der Waals surface area contributed by atoms with E-state index in [0.29, 0.717) is 23.8 Å². The van der Waals surface area contributed by atoms with E-state index in [2.05, 4.69) is 10.3 Å². The maximum Gasteiger partial charge on any atom is 0.256 e. The molecule has 0 radical (unpaired) electrons. The van der Waals surface area contributed by atoms with Crippen LogP contribution in [-0.4, -0.2) is 55.0 Å². The monoisotopic (exact) mass is 375 g/mol. The SMILES string of the molecule is CN(C)CCNC(=O)c1cnc(-c2ccccc2)nc1N(C)c1ccccc1. The second-order valence-electron chi connectivity index (χ2n) is 6.75. The summed E-state index contributed by atoms with van der Waals surface area (Å²) in [5.74, 6) is 0.977. The molecule has 1 heterocycles. The Bertz CT molecular complexity index is 913. The molecule has 0 saturated heterocycles. The predicted octanol–water partition coefficient (Wildman–Crippen LogP) is 3.20. The Labute approximate surface area is 165 Å². The van der Waals surface area contributed by atoms with Gasteiger partial charge in [-0.3, -0.25) is 4.79 Å². The maximum atomic E-state index is 12.8. The van der Waals surface area contributed by atoms with Crippen molar-refractivity contribution in [3.8, 4) is 11.4 Å². The number of likely N-dealkylation sites (N-methyl/N-ethyl adjacent to an activating group) is 1. The standard InChI is InChI=1S/C22H25N5O/c1-26(2)15-14-23-22(28)19-16-24-20(17-10-6-4-7-11-17)25-21(19)27(3)18-12-8-5-9-13-18/h4-13,16H,14-15H2,1-3H3,(H,23,28). The first-order valence-electron chi connectivity index (χ1n) is 9.20. The van der Waals surface area contributed by atoms with Crippen molar-refractivity contribution in [1.29, 1.82) is 0 Å². The fraction of sp³-hybridized carbons (Fsp3) is 0.227. The van der Waals surface area contributed by atoms with E-state index in [1.54, 1.807) is 6.20 Å². The number of carbonyl (C=O) groups is 1. The molecule has 28 heavy (non-hydrogen) atoms. The third-order valence-corrected chi connectivity index (χ3v) is 4.35. The summed E-state index contributed by atoms with van der Waals surface area (Å²) < 4.78 is 0. The van der Waals surface area contributed by atoms with Crippen molar-refractivity contribution in [2.75, 3.05) is 39.1 Å². The van der Waals surface area contributed by atoms with Crippen LogP contribution < -0.4 is 10.2 Å². The molecule has 3 rings (SSSR count). The molecule has 0 aliphatic carbocycles. The Morgan fingerprint density at radius 2 is 1.61 bits per heavy atom. The molecule has 0 aliphatic heterocycles. The Kier molecular flexibility index (Phi) is 6.34. The first-order chi connectivity index (χ1) is 13.6. The van der Waals surface area contributed by atoms with Crippen LogP contribution in [-0.2, 0) is 0 Å².